The summed E-state index contributed by atoms with van der Waals surface area (Å²) in [6, 6.07) is 7.46. The third-order valence-corrected chi connectivity index (χ3v) is 6.21. The van der Waals surface area contributed by atoms with Crippen LogP contribution in [0.2, 0.25) is 0 Å². The predicted molar refractivity (Wildman–Crippen MR) is 157 cm³/mol. The highest BCUT2D eigenvalue weighted by Gasteiger charge is 2.40. The summed E-state index contributed by atoms with van der Waals surface area (Å²) in [6.45, 7) is 8.37. The molecule has 0 saturated carbocycles. The summed E-state index contributed by atoms with van der Waals surface area (Å²) in [6.07, 6.45) is 7.16. The second-order valence-corrected chi connectivity index (χ2v) is 9.75. The Bertz CT molecular complexity index is 1050. The van der Waals surface area contributed by atoms with Crippen molar-refractivity contribution in [1.82, 2.24) is 25.8 Å². The molecule has 1 heterocycles. The summed E-state index contributed by atoms with van der Waals surface area (Å²) in [4.78, 5) is 38.9. The maximum absolute atomic E-state index is 13.2. The van der Waals surface area contributed by atoms with Crippen LogP contribution in [-0.2, 0) is 14.4 Å². The average molecular weight is 562 g/mol. The van der Waals surface area contributed by atoms with Gasteiger partial charge in [0.05, 0.1) is 13.1 Å². The highest BCUT2D eigenvalue weighted by atomic mass is 19.3. The van der Waals surface area contributed by atoms with Gasteiger partial charge in [0.25, 0.3) is 11.8 Å². The molecule has 8 nitrogen and oxygen atoms in total. The summed E-state index contributed by atoms with van der Waals surface area (Å²) in [5.41, 5.74) is 3.12. The number of aryl methyl sites for hydroxylation is 1. The number of likely N-dealkylation sites (N-methyl/N-ethyl adjacent to an activating group) is 1. The molecule has 0 bridgehead atoms. The summed E-state index contributed by atoms with van der Waals surface area (Å²) < 4.78 is 26.4. The van der Waals surface area contributed by atoms with Crippen LogP contribution in [0.1, 0.15) is 43.7 Å². The van der Waals surface area contributed by atoms with Gasteiger partial charge in [-0.2, -0.15) is 0 Å². The van der Waals surface area contributed by atoms with Crippen LogP contribution < -0.4 is 16.0 Å². The molecule has 222 valence electrons. The Morgan fingerprint density at radius 2 is 1.82 bits per heavy atom. The fourth-order valence-electron chi connectivity index (χ4n) is 3.67. The molecular weight excluding hydrogens is 516 g/mol. The summed E-state index contributed by atoms with van der Waals surface area (Å²) in [7, 11) is 5.72. The SMILES string of the molecule is C=C(CCC(=O)NCCNC)N(C)C.CC/C=C/C=C(/C(=O)NCC(=O)N1CCC(F)(F)C1)c1ccccc1C. The zero-order chi connectivity index (χ0) is 30.1. The van der Waals surface area contributed by atoms with Gasteiger partial charge >= 0.3 is 0 Å². The number of benzene rings is 1. The molecule has 0 aliphatic carbocycles. The molecule has 0 radical (unpaired) electrons. The number of likely N-dealkylation sites (tertiary alicyclic amines) is 1. The lowest BCUT2D eigenvalue weighted by Gasteiger charge is -2.17. The number of hydrogen-bond acceptors (Lipinski definition) is 5. The van der Waals surface area contributed by atoms with E-state index < -0.39 is 24.3 Å². The Kier molecular flexibility index (Phi) is 15.5. The first-order valence-corrected chi connectivity index (χ1v) is 13.5. The number of carbonyl (C=O) groups is 3. The maximum Gasteiger partial charge on any atom is 0.267 e. The van der Waals surface area contributed by atoms with Gasteiger partial charge in [0.1, 0.15) is 0 Å². The number of carbonyl (C=O) groups excluding carboxylic acids is 3. The molecule has 1 aliphatic heterocycles. The molecular formula is C30H45F2N5O3. The second kappa shape index (κ2) is 17.9. The zero-order valence-electron chi connectivity index (χ0n) is 24.5. The first kappa shape index (κ1) is 34.5. The molecule has 0 unspecified atom stereocenters. The van der Waals surface area contributed by atoms with E-state index in [1.807, 2.05) is 70.2 Å². The predicted octanol–water partition coefficient (Wildman–Crippen LogP) is 3.51. The van der Waals surface area contributed by atoms with Gasteiger partial charge < -0.3 is 25.8 Å². The molecule has 1 fully saturated rings. The van der Waals surface area contributed by atoms with Crippen molar-refractivity contribution in [2.75, 3.05) is 53.9 Å². The van der Waals surface area contributed by atoms with E-state index in [9.17, 15) is 23.2 Å². The second-order valence-electron chi connectivity index (χ2n) is 9.75. The minimum Gasteiger partial charge on any atom is -0.381 e. The fourth-order valence-corrected chi connectivity index (χ4v) is 3.67. The Hall–Kier alpha value is -3.53. The Morgan fingerprint density at radius 1 is 1.12 bits per heavy atom. The van der Waals surface area contributed by atoms with E-state index in [4.69, 9.17) is 0 Å². The zero-order valence-corrected chi connectivity index (χ0v) is 24.5. The lowest BCUT2D eigenvalue weighted by atomic mass is 9.99. The molecule has 2 rings (SSSR count). The van der Waals surface area contributed by atoms with Gasteiger partial charge in [-0.15, -0.1) is 0 Å². The van der Waals surface area contributed by atoms with E-state index in [1.54, 1.807) is 12.2 Å². The normalized spacial score (nSPS) is 14.4. The quantitative estimate of drug-likeness (QED) is 0.195. The van der Waals surface area contributed by atoms with E-state index in [-0.39, 0.29) is 25.4 Å². The van der Waals surface area contributed by atoms with Gasteiger partial charge in [-0.1, -0.05) is 49.9 Å². The lowest BCUT2D eigenvalue weighted by molar-refractivity contribution is -0.132. The number of nitrogens with one attached hydrogen (secondary N) is 3. The topological polar surface area (TPSA) is 93.8 Å². The summed E-state index contributed by atoms with van der Waals surface area (Å²) >= 11 is 0. The molecule has 3 amide bonds. The average Bonchev–Trinajstić information content (AvgIpc) is 3.29. The Balaban J connectivity index is 0.000000486. The molecule has 40 heavy (non-hydrogen) atoms. The van der Waals surface area contributed by atoms with Crippen molar-refractivity contribution in [3.8, 4) is 0 Å². The Labute approximate surface area is 237 Å². The van der Waals surface area contributed by atoms with Gasteiger partial charge in [-0.3, -0.25) is 14.4 Å². The number of hydrogen-bond donors (Lipinski definition) is 3. The molecule has 0 aromatic heterocycles. The first-order valence-electron chi connectivity index (χ1n) is 13.5. The highest BCUT2D eigenvalue weighted by molar-refractivity contribution is 6.20. The van der Waals surface area contributed by atoms with Crippen molar-refractivity contribution in [1.29, 1.82) is 0 Å². The van der Waals surface area contributed by atoms with Crippen LogP contribution in [0.5, 0.6) is 0 Å². The van der Waals surface area contributed by atoms with E-state index >= 15 is 0 Å². The van der Waals surface area contributed by atoms with Crippen LogP contribution >= 0.6 is 0 Å². The molecule has 0 spiro atoms. The van der Waals surface area contributed by atoms with Gasteiger partial charge in [0.2, 0.25) is 11.8 Å². The number of alkyl halides is 2. The number of halogens is 2. The van der Waals surface area contributed by atoms with Gasteiger partial charge in [0, 0.05) is 57.8 Å². The molecule has 1 aromatic carbocycles. The molecule has 3 N–H and O–H groups in total. The largest absolute Gasteiger partial charge is 0.381 e. The molecule has 1 saturated heterocycles. The molecule has 1 aromatic rings. The minimum atomic E-state index is -2.84. The van der Waals surface area contributed by atoms with Crippen LogP contribution in [0.15, 0.2) is 54.8 Å². The number of nitrogens with zero attached hydrogens (tertiary/aromatic N) is 2. The first-order chi connectivity index (χ1) is 18.9. The highest BCUT2D eigenvalue weighted by Crippen LogP contribution is 2.26. The number of rotatable bonds is 13. The third-order valence-electron chi connectivity index (χ3n) is 6.21. The van der Waals surface area contributed by atoms with Crippen molar-refractivity contribution < 1.29 is 23.2 Å². The minimum absolute atomic E-state index is 0.0153. The van der Waals surface area contributed by atoms with E-state index in [1.165, 1.54) is 0 Å². The van der Waals surface area contributed by atoms with Crippen molar-refractivity contribution in [2.24, 2.45) is 0 Å². The Morgan fingerprint density at radius 3 is 2.40 bits per heavy atom. The van der Waals surface area contributed by atoms with E-state index in [0.29, 0.717) is 18.5 Å². The molecule has 0 atom stereocenters. The van der Waals surface area contributed by atoms with Crippen molar-refractivity contribution in [2.45, 2.75) is 45.5 Å². The van der Waals surface area contributed by atoms with Crippen molar-refractivity contribution in [3.63, 3.8) is 0 Å². The van der Waals surface area contributed by atoms with E-state index in [2.05, 4.69) is 22.5 Å². The third kappa shape index (κ3) is 13.0. The standard InChI is InChI=1S/C20H24F2N2O2.C10H21N3O/c1-3-4-5-10-17(16-9-7-6-8-15(16)2)19(26)23-13-18(25)24-12-11-20(21,22)14-24;1-9(13(3)4)5-6-10(14)12-8-7-11-2/h4-10H,3,11-14H2,1-2H3,(H,23,26);11H,1,5-8H2,2-4H3,(H,12,14)/b5-4+,17-10+;. The summed E-state index contributed by atoms with van der Waals surface area (Å²) in [5.74, 6) is -3.65. The van der Waals surface area contributed by atoms with Gasteiger partial charge in [-0.05, 0) is 44.0 Å². The van der Waals surface area contributed by atoms with Crippen LogP contribution in [0.25, 0.3) is 5.57 Å². The van der Waals surface area contributed by atoms with Crippen molar-refractivity contribution >= 4 is 23.3 Å². The summed E-state index contributed by atoms with van der Waals surface area (Å²) in [5, 5.41) is 8.34. The fraction of sp³-hybridized carbons (Fsp3) is 0.500. The lowest BCUT2D eigenvalue weighted by Crippen LogP contribution is -2.40. The van der Waals surface area contributed by atoms with Crippen molar-refractivity contribution in [3.05, 3.63) is 65.9 Å². The van der Waals surface area contributed by atoms with Crippen LogP contribution in [-0.4, -0.2) is 87.3 Å². The van der Waals surface area contributed by atoms with E-state index in [0.717, 1.165) is 41.1 Å². The van der Waals surface area contributed by atoms with Crippen LogP contribution in [0.4, 0.5) is 8.78 Å². The maximum atomic E-state index is 13.2. The van der Waals surface area contributed by atoms with Crippen LogP contribution in [0.3, 0.4) is 0 Å². The van der Waals surface area contributed by atoms with Crippen LogP contribution in [0, 0.1) is 6.92 Å². The molecule has 10 heteroatoms. The number of amides is 3. The molecule has 1 aliphatic rings. The number of allylic oxidation sites excluding steroid dienone is 4. The monoisotopic (exact) mass is 561 g/mol. The smallest absolute Gasteiger partial charge is 0.267 e. The van der Waals surface area contributed by atoms with Gasteiger partial charge in [0.15, 0.2) is 0 Å². The van der Waals surface area contributed by atoms with Gasteiger partial charge in [-0.25, -0.2) is 8.78 Å².